The Morgan fingerprint density at radius 2 is 2.00 bits per heavy atom. The molecule has 98 valence electrons. The smallest absolute Gasteiger partial charge is 0.128 e. The highest BCUT2D eigenvalue weighted by Crippen LogP contribution is 2.57. The SMILES string of the molecule is Fc1cc(Br)cc(OC2CC(Cl)C23CCCC3)c1. The summed E-state index contributed by atoms with van der Waals surface area (Å²) in [4.78, 5) is 0. The second-order valence-electron chi connectivity index (χ2n) is 5.36. The molecule has 2 atom stereocenters. The van der Waals surface area contributed by atoms with Crippen molar-refractivity contribution in [3.63, 3.8) is 0 Å². The molecule has 0 radical (unpaired) electrons. The largest absolute Gasteiger partial charge is 0.490 e. The van der Waals surface area contributed by atoms with Crippen molar-refractivity contribution in [1.29, 1.82) is 0 Å². The topological polar surface area (TPSA) is 9.23 Å². The molecule has 1 aromatic carbocycles. The van der Waals surface area contributed by atoms with Crippen LogP contribution in [0.4, 0.5) is 4.39 Å². The fourth-order valence-electron chi connectivity index (χ4n) is 3.29. The maximum absolute atomic E-state index is 13.3. The Labute approximate surface area is 120 Å². The number of ether oxygens (including phenoxy) is 1. The minimum Gasteiger partial charge on any atom is -0.490 e. The molecule has 18 heavy (non-hydrogen) atoms. The highest BCUT2D eigenvalue weighted by atomic mass is 79.9. The Kier molecular flexibility index (Phi) is 3.31. The summed E-state index contributed by atoms with van der Waals surface area (Å²) in [6.07, 6.45) is 5.77. The first-order valence-electron chi connectivity index (χ1n) is 6.37. The zero-order valence-electron chi connectivity index (χ0n) is 9.96. The molecule has 2 aliphatic rings. The van der Waals surface area contributed by atoms with E-state index in [4.69, 9.17) is 16.3 Å². The van der Waals surface area contributed by atoms with Gasteiger partial charge in [-0.15, -0.1) is 11.6 Å². The van der Waals surface area contributed by atoms with Crippen molar-refractivity contribution >= 4 is 27.5 Å². The van der Waals surface area contributed by atoms with E-state index in [0.29, 0.717) is 10.2 Å². The molecule has 2 fully saturated rings. The molecule has 0 N–H and O–H groups in total. The van der Waals surface area contributed by atoms with Crippen molar-refractivity contribution in [3.05, 3.63) is 28.5 Å². The lowest BCUT2D eigenvalue weighted by Gasteiger charge is -2.50. The first kappa shape index (κ1) is 12.7. The third-order valence-electron chi connectivity index (χ3n) is 4.33. The summed E-state index contributed by atoms with van der Waals surface area (Å²) in [5.41, 5.74) is 0.139. The van der Waals surface area contributed by atoms with Gasteiger partial charge in [-0.3, -0.25) is 0 Å². The lowest BCUT2D eigenvalue weighted by molar-refractivity contribution is -0.0357. The van der Waals surface area contributed by atoms with Crippen LogP contribution < -0.4 is 4.74 Å². The lowest BCUT2D eigenvalue weighted by atomic mass is 9.64. The normalized spacial score (nSPS) is 29.3. The summed E-state index contributed by atoms with van der Waals surface area (Å²) in [5, 5.41) is 0.224. The van der Waals surface area contributed by atoms with Crippen LogP contribution in [0.15, 0.2) is 22.7 Å². The third kappa shape index (κ3) is 2.05. The lowest BCUT2D eigenvalue weighted by Crippen LogP contribution is -2.55. The van der Waals surface area contributed by atoms with Gasteiger partial charge in [-0.2, -0.15) is 0 Å². The highest BCUT2D eigenvalue weighted by Gasteiger charge is 2.56. The monoisotopic (exact) mass is 332 g/mol. The van der Waals surface area contributed by atoms with Gasteiger partial charge in [-0.25, -0.2) is 4.39 Å². The van der Waals surface area contributed by atoms with Gasteiger partial charge in [-0.1, -0.05) is 28.8 Å². The summed E-state index contributed by atoms with van der Waals surface area (Å²) < 4.78 is 20.0. The Morgan fingerprint density at radius 3 is 2.61 bits per heavy atom. The third-order valence-corrected chi connectivity index (χ3v) is 5.41. The van der Waals surface area contributed by atoms with Crippen molar-refractivity contribution in [2.24, 2.45) is 5.41 Å². The van der Waals surface area contributed by atoms with Gasteiger partial charge in [0.2, 0.25) is 0 Å². The number of hydrogen-bond acceptors (Lipinski definition) is 1. The van der Waals surface area contributed by atoms with Crippen LogP contribution in [0.25, 0.3) is 0 Å². The molecule has 0 saturated heterocycles. The molecule has 2 aliphatic carbocycles. The van der Waals surface area contributed by atoms with E-state index in [1.165, 1.54) is 25.0 Å². The van der Waals surface area contributed by atoms with Gasteiger partial charge in [0.05, 0.1) is 0 Å². The second-order valence-corrected chi connectivity index (χ2v) is 6.80. The summed E-state index contributed by atoms with van der Waals surface area (Å²) in [6.45, 7) is 0. The molecular formula is C14H15BrClFO. The molecule has 0 aliphatic heterocycles. The van der Waals surface area contributed by atoms with Crippen LogP contribution in [0.5, 0.6) is 5.75 Å². The summed E-state index contributed by atoms with van der Waals surface area (Å²) in [7, 11) is 0. The van der Waals surface area contributed by atoms with Crippen LogP contribution in [-0.4, -0.2) is 11.5 Å². The number of rotatable bonds is 2. The van der Waals surface area contributed by atoms with Gasteiger partial charge in [0.25, 0.3) is 0 Å². The molecule has 0 amide bonds. The van der Waals surface area contributed by atoms with E-state index in [1.54, 1.807) is 0 Å². The molecule has 2 unspecified atom stereocenters. The molecule has 0 bridgehead atoms. The molecule has 4 heteroatoms. The fourth-order valence-corrected chi connectivity index (χ4v) is 4.26. The zero-order chi connectivity index (χ0) is 12.8. The van der Waals surface area contributed by atoms with Crippen LogP contribution in [0, 0.1) is 11.2 Å². The zero-order valence-corrected chi connectivity index (χ0v) is 12.3. The molecule has 1 nitrogen and oxygen atoms in total. The van der Waals surface area contributed by atoms with Crippen molar-refractivity contribution in [1.82, 2.24) is 0 Å². The predicted molar refractivity (Wildman–Crippen MR) is 73.7 cm³/mol. The molecule has 0 heterocycles. The first-order valence-corrected chi connectivity index (χ1v) is 7.60. The molecular weight excluding hydrogens is 319 g/mol. The van der Waals surface area contributed by atoms with Gasteiger partial charge >= 0.3 is 0 Å². The first-order chi connectivity index (χ1) is 8.60. The van der Waals surface area contributed by atoms with E-state index in [2.05, 4.69) is 15.9 Å². The Morgan fingerprint density at radius 1 is 1.28 bits per heavy atom. The van der Waals surface area contributed by atoms with Gasteiger partial charge in [0.1, 0.15) is 17.7 Å². The predicted octanol–water partition coefficient (Wildman–Crippen LogP) is 4.91. The Balaban J connectivity index is 1.77. The van der Waals surface area contributed by atoms with E-state index in [0.717, 1.165) is 19.3 Å². The van der Waals surface area contributed by atoms with Gasteiger partial charge in [0, 0.05) is 27.8 Å². The molecule has 1 spiro atoms. The van der Waals surface area contributed by atoms with Gasteiger partial charge in [-0.05, 0) is 25.0 Å². The van der Waals surface area contributed by atoms with Crippen LogP contribution in [0.3, 0.4) is 0 Å². The van der Waals surface area contributed by atoms with Crippen molar-refractivity contribution in [3.8, 4) is 5.75 Å². The van der Waals surface area contributed by atoms with Crippen molar-refractivity contribution < 1.29 is 9.13 Å². The Hall–Kier alpha value is -0.280. The summed E-state index contributed by atoms with van der Waals surface area (Å²) >= 11 is 9.66. The van der Waals surface area contributed by atoms with Crippen LogP contribution >= 0.6 is 27.5 Å². The van der Waals surface area contributed by atoms with E-state index in [1.807, 2.05) is 6.07 Å². The molecule has 0 aromatic heterocycles. The van der Waals surface area contributed by atoms with E-state index < -0.39 is 0 Å². The molecule has 3 rings (SSSR count). The number of alkyl halides is 1. The standard InChI is InChI=1S/C14H15BrClFO/c15-9-5-10(17)7-11(6-9)18-13-8-12(16)14(13)3-1-2-4-14/h5-7,12-13H,1-4,8H2. The average molecular weight is 334 g/mol. The minimum atomic E-state index is -0.276. The van der Waals surface area contributed by atoms with Crippen LogP contribution in [-0.2, 0) is 0 Å². The summed E-state index contributed by atoms with van der Waals surface area (Å²) in [5.74, 6) is 0.323. The maximum atomic E-state index is 13.3. The number of halogens is 3. The van der Waals surface area contributed by atoms with Crippen molar-refractivity contribution in [2.45, 2.75) is 43.6 Å². The van der Waals surface area contributed by atoms with Crippen LogP contribution in [0.2, 0.25) is 0 Å². The molecule has 1 aromatic rings. The van der Waals surface area contributed by atoms with E-state index in [9.17, 15) is 4.39 Å². The van der Waals surface area contributed by atoms with E-state index in [-0.39, 0.29) is 22.7 Å². The maximum Gasteiger partial charge on any atom is 0.128 e. The van der Waals surface area contributed by atoms with Gasteiger partial charge < -0.3 is 4.74 Å². The fraction of sp³-hybridized carbons (Fsp3) is 0.571. The second kappa shape index (κ2) is 4.68. The van der Waals surface area contributed by atoms with Crippen molar-refractivity contribution in [2.75, 3.05) is 0 Å². The van der Waals surface area contributed by atoms with Crippen LogP contribution in [0.1, 0.15) is 32.1 Å². The number of hydrogen-bond donors (Lipinski definition) is 0. The number of benzene rings is 1. The van der Waals surface area contributed by atoms with Gasteiger partial charge in [0.15, 0.2) is 0 Å². The Bertz CT molecular complexity index is 439. The van der Waals surface area contributed by atoms with E-state index >= 15 is 0 Å². The highest BCUT2D eigenvalue weighted by molar-refractivity contribution is 9.10. The average Bonchev–Trinajstić information content (AvgIpc) is 2.79. The quantitative estimate of drug-likeness (QED) is 0.699. The molecule has 2 saturated carbocycles. The summed E-state index contributed by atoms with van der Waals surface area (Å²) in [6, 6.07) is 4.69. The minimum absolute atomic E-state index is 0.139.